The summed E-state index contributed by atoms with van der Waals surface area (Å²) >= 11 is 0. The number of aliphatic hydroxyl groups is 3. The number of non-ortho nitro benzene ring substituents is 1. The molecule has 0 saturated carbocycles. The lowest BCUT2D eigenvalue weighted by Crippen LogP contribution is -2.26. The number of nitrogens with zero attached hydrogens (tertiary/aromatic N) is 4. The lowest BCUT2D eigenvalue weighted by atomic mass is 10.2. The zero-order chi connectivity index (χ0) is 21.8. The zero-order valence-electron chi connectivity index (χ0n) is 16.0. The minimum atomic E-state index is -0.561. The number of nitro benzene ring substituents is 1. The van der Waals surface area contributed by atoms with E-state index in [2.05, 4.69) is 10.2 Å². The van der Waals surface area contributed by atoms with E-state index in [0.29, 0.717) is 11.4 Å². The van der Waals surface area contributed by atoms with Crippen molar-refractivity contribution in [2.75, 3.05) is 44.9 Å². The number of ether oxygens (including phenoxy) is 1. The molecule has 0 atom stereocenters. The Morgan fingerprint density at radius 3 is 2.10 bits per heavy atom. The fourth-order valence-electron chi connectivity index (χ4n) is 2.16. The van der Waals surface area contributed by atoms with Crippen LogP contribution in [-0.4, -0.2) is 59.9 Å². The maximum atomic E-state index is 10.9. The normalized spacial score (nSPS) is 11.0. The van der Waals surface area contributed by atoms with Crippen LogP contribution in [-0.2, 0) is 9.68 Å². The molecule has 12 heteroatoms. The molecule has 0 heterocycles. The molecule has 0 aliphatic rings. The van der Waals surface area contributed by atoms with Crippen LogP contribution >= 0.6 is 0 Å². The van der Waals surface area contributed by atoms with Crippen molar-refractivity contribution >= 4 is 22.7 Å². The highest BCUT2D eigenvalue weighted by atomic mass is 16.9. The Morgan fingerprint density at radius 1 is 0.900 bits per heavy atom. The molecule has 0 aliphatic heterocycles. The van der Waals surface area contributed by atoms with Gasteiger partial charge in [-0.15, -0.1) is 10.3 Å². The zero-order valence-corrected chi connectivity index (χ0v) is 16.0. The lowest BCUT2D eigenvalue weighted by molar-refractivity contribution is -0.384. The van der Waals surface area contributed by atoms with Crippen LogP contribution in [0.2, 0.25) is 0 Å². The Balaban J connectivity index is 2.16. The Kier molecular flexibility index (Phi) is 9.57. The summed E-state index contributed by atoms with van der Waals surface area (Å²) in [5, 5.41) is 46.8. The van der Waals surface area contributed by atoms with Gasteiger partial charge < -0.3 is 20.1 Å². The first-order chi connectivity index (χ1) is 14.6. The van der Waals surface area contributed by atoms with Crippen molar-refractivity contribution in [3.63, 3.8) is 0 Å². The standard InChI is InChI=1S/C18H22N4O8/c23-7-10-28-18-13-16(21(26)27)5-6-17(18)20-19-14-1-3-15(4-2-14)22(29-11-8-24)30-12-9-25/h1-6,13,23-25H,7-12H2. The summed E-state index contributed by atoms with van der Waals surface area (Å²) in [7, 11) is 0. The highest BCUT2D eigenvalue weighted by Gasteiger charge is 2.12. The Bertz CT molecular complexity index is 823. The summed E-state index contributed by atoms with van der Waals surface area (Å²) in [4.78, 5) is 20.8. The van der Waals surface area contributed by atoms with Gasteiger partial charge in [0.2, 0.25) is 0 Å². The van der Waals surface area contributed by atoms with E-state index < -0.39 is 4.92 Å². The average Bonchev–Trinajstić information content (AvgIpc) is 2.77. The summed E-state index contributed by atoms with van der Waals surface area (Å²) in [6.45, 7) is -0.709. The van der Waals surface area contributed by atoms with Crippen molar-refractivity contribution < 1.29 is 34.7 Å². The molecule has 0 amide bonds. The Hall–Kier alpha value is -3.16. The smallest absolute Gasteiger partial charge is 0.273 e. The first-order valence-electron chi connectivity index (χ1n) is 8.90. The molecule has 0 spiro atoms. The van der Waals surface area contributed by atoms with Gasteiger partial charge in [0.15, 0.2) is 5.75 Å². The van der Waals surface area contributed by atoms with Crippen LogP contribution < -0.4 is 9.96 Å². The van der Waals surface area contributed by atoms with Crippen LogP contribution in [0, 0.1) is 10.1 Å². The quantitative estimate of drug-likeness (QED) is 0.249. The number of aliphatic hydroxyl groups excluding tert-OH is 3. The van der Waals surface area contributed by atoms with E-state index in [9.17, 15) is 10.1 Å². The molecule has 2 aromatic carbocycles. The van der Waals surface area contributed by atoms with Crippen LogP contribution in [0.1, 0.15) is 0 Å². The van der Waals surface area contributed by atoms with Gasteiger partial charge in [0.1, 0.15) is 25.5 Å². The van der Waals surface area contributed by atoms with Gasteiger partial charge in [-0.05, 0) is 30.3 Å². The predicted molar refractivity (Wildman–Crippen MR) is 105 cm³/mol. The molecule has 2 rings (SSSR count). The van der Waals surface area contributed by atoms with E-state index in [4.69, 9.17) is 29.7 Å². The van der Waals surface area contributed by atoms with Crippen molar-refractivity contribution in [1.29, 1.82) is 0 Å². The average molecular weight is 422 g/mol. The third-order valence-electron chi connectivity index (χ3n) is 3.44. The second kappa shape index (κ2) is 12.4. The molecule has 2 aromatic rings. The Morgan fingerprint density at radius 2 is 1.53 bits per heavy atom. The van der Waals surface area contributed by atoms with Crippen LogP contribution in [0.5, 0.6) is 5.75 Å². The SMILES string of the molecule is O=[N+]([O-])c1ccc(N=Nc2ccc(N(OCCO)OCCO)cc2)c(OCCO)c1. The monoisotopic (exact) mass is 422 g/mol. The fourth-order valence-corrected chi connectivity index (χ4v) is 2.16. The van der Waals surface area contributed by atoms with E-state index in [-0.39, 0.29) is 56.8 Å². The number of benzene rings is 2. The molecule has 0 fully saturated rings. The van der Waals surface area contributed by atoms with Gasteiger partial charge in [-0.3, -0.25) is 10.1 Å². The summed E-state index contributed by atoms with van der Waals surface area (Å²) in [6.07, 6.45) is 0. The maximum absolute atomic E-state index is 10.9. The number of hydrogen-bond acceptors (Lipinski definition) is 11. The van der Waals surface area contributed by atoms with E-state index in [1.807, 2.05) is 0 Å². The van der Waals surface area contributed by atoms with Gasteiger partial charge in [-0.25, -0.2) is 9.68 Å². The molecular formula is C18H22N4O8. The largest absolute Gasteiger partial charge is 0.489 e. The van der Waals surface area contributed by atoms with Crippen LogP contribution in [0.15, 0.2) is 52.7 Å². The molecule has 30 heavy (non-hydrogen) atoms. The van der Waals surface area contributed by atoms with Crippen molar-refractivity contribution in [1.82, 2.24) is 0 Å². The van der Waals surface area contributed by atoms with Gasteiger partial charge >= 0.3 is 0 Å². The van der Waals surface area contributed by atoms with Crippen LogP contribution in [0.4, 0.5) is 22.7 Å². The van der Waals surface area contributed by atoms with Crippen molar-refractivity contribution in [3.8, 4) is 5.75 Å². The molecule has 3 N–H and O–H groups in total. The highest BCUT2D eigenvalue weighted by molar-refractivity contribution is 5.57. The van der Waals surface area contributed by atoms with Gasteiger partial charge in [-0.2, -0.15) is 5.11 Å². The summed E-state index contributed by atoms with van der Waals surface area (Å²) in [6, 6.07) is 10.4. The molecule has 0 saturated heterocycles. The first kappa shape index (κ1) is 23.1. The van der Waals surface area contributed by atoms with Crippen molar-refractivity contribution in [2.24, 2.45) is 10.2 Å². The number of anilines is 1. The predicted octanol–water partition coefficient (Wildman–Crippen LogP) is 2.04. The molecule has 162 valence electrons. The second-order valence-electron chi connectivity index (χ2n) is 5.57. The molecule has 0 bridgehead atoms. The third-order valence-corrected chi connectivity index (χ3v) is 3.44. The van der Waals surface area contributed by atoms with E-state index in [0.717, 1.165) is 5.23 Å². The Labute approximate surface area is 171 Å². The molecule has 0 aromatic heterocycles. The van der Waals surface area contributed by atoms with Gasteiger partial charge in [0.05, 0.1) is 42.2 Å². The topological polar surface area (TPSA) is 159 Å². The first-order valence-corrected chi connectivity index (χ1v) is 8.90. The molecule has 0 unspecified atom stereocenters. The minimum absolute atomic E-state index is 0.00362. The molecular weight excluding hydrogens is 400 g/mol. The van der Waals surface area contributed by atoms with Crippen molar-refractivity contribution in [3.05, 3.63) is 52.6 Å². The van der Waals surface area contributed by atoms with Gasteiger partial charge in [0.25, 0.3) is 5.69 Å². The van der Waals surface area contributed by atoms with Crippen LogP contribution in [0.3, 0.4) is 0 Å². The fraction of sp³-hybridized carbons (Fsp3) is 0.333. The highest BCUT2D eigenvalue weighted by Crippen LogP contribution is 2.33. The summed E-state index contributed by atoms with van der Waals surface area (Å²) in [5.74, 6) is 0.125. The number of nitro groups is 1. The molecule has 0 aliphatic carbocycles. The third kappa shape index (κ3) is 7.02. The van der Waals surface area contributed by atoms with Crippen molar-refractivity contribution in [2.45, 2.75) is 0 Å². The molecule has 12 nitrogen and oxygen atoms in total. The maximum Gasteiger partial charge on any atom is 0.273 e. The lowest BCUT2D eigenvalue weighted by Gasteiger charge is -2.21. The van der Waals surface area contributed by atoms with E-state index in [1.165, 1.54) is 18.2 Å². The van der Waals surface area contributed by atoms with Gasteiger partial charge in [0, 0.05) is 6.07 Å². The molecule has 0 radical (unpaired) electrons. The second-order valence-corrected chi connectivity index (χ2v) is 5.57. The van der Waals surface area contributed by atoms with E-state index in [1.54, 1.807) is 24.3 Å². The van der Waals surface area contributed by atoms with Gasteiger partial charge in [-0.1, -0.05) is 0 Å². The minimum Gasteiger partial charge on any atom is -0.489 e. The number of rotatable bonds is 13. The van der Waals surface area contributed by atoms with Crippen LogP contribution in [0.25, 0.3) is 0 Å². The number of hydrogen-bond donors (Lipinski definition) is 3. The van der Waals surface area contributed by atoms with E-state index >= 15 is 0 Å². The number of azo groups is 1. The summed E-state index contributed by atoms with van der Waals surface area (Å²) < 4.78 is 5.30. The summed E-state index contributed by atoms with van der Waals surface area (Å²) in [5.41, 5.74) is 1.06.